The highest BCUT2D eigenvalue weighted by Gasteiger charge is 2.39. The van der Waals surface area contributed by atoms with E-state index in [1.807, 2.05) is 0 Å². The van der Waals surface area contributed by atoms with Crippen molar-refractivity contribution in [3.63, 3.8) is 0 Å². The van der Waals surface area contributed by atoms with Gasteiger partial charge in [0.25, 0.3) is 5.91 Å². The Morgan fingerprint density at radius 1 is 1.00 bits per heavy atom. The molecule has 2 aromatic rings. The molecule has 2 heterocycles. The molecular weight excluding hydrogens is 492 g/mol. The Labute approximate surface area is 221 Å². The van der Waals surface area contributed by atoms with E-state index in [0.717, 1.165) is 31.2 Å². The van der Waals surface area contributed by atoms with Crippen LogP contribution in [-0.2, 0) is 25.5 Å². The molecule has 2 aliphatic rings. The average molecular weight is 527 g/mol. The van der Waals surface area contributed by atoms with Gasteiger partial charge in [-0.25, -0.2) is 0 Å². The molecule has 1 saturated heterocycles. The number of nitrogens with one attached hydrogen (secondary N) is 3. The molecule has 11 heteroatoms. The summed E-state index contributed by atoms with van der Waals surface area (Å²) in [5, 5.41) is 11.7. The third kappa shape index (κ3) is 7.41. The van der Waals surface area contributed by atoms with Crippen LogP contribution in [0.15, 0.2) is 41.1 Å². The number of ketones is 1. The Bertz CT molecular complexity index is 1110. The number of epoxide rings is 1. The summed E-state index contributed by atoms with van der Waals surface area (Å²) in [5.41, 5.74) is 0.786. The molecule has 0 spiro atoms. The second-order valence-electron chi connectivity index (χ2n) is 9.86. The molecule has 1 aromatic carbocycles. The van der Waals surface area contributed by atoms with Crippen LogP contribution in [0.25, 0.3) is 0 Å². The molecule has 0 unspecified atom stereocenters. The number of Topliss-reactive ketones (excluding diaryl/α,β-unsaturated/α-hetero) is 1. The molecule has 1 saturated carbocycles. The summed E-state index contributed by atoms with van der Waals surface area (Å²) in [5.74, 6) is -0.776. The number of carbonyl (C=O) groups is 4. The third-order valence-corrected chi connectivity index (χ3v) is 6.99. The van der Waals surface area contributed by atoms with E-state index in [0.29, 0.717) is 24.7 Å². The summed E-state index contributed by atoms with van der Waals surface area (Å²) < 4.78 is 15.2. The standard InChI is InChI=1S/C27H34N4O7/c1-16(29-27(35)22-11-12-28-38-22)25(33)31-21(14-18-7-9-19(36-2)10-8-18)26(34)30-20(24(32)23-15-37-23)13-17-5-3-4-6-17/h7-12,16-17,20-21,23H,3-6,13-15H2,1-2H3,(H,29,35)(H,30,34)(H,31,33)/t16-,20+,21+,23-/m1/s1. The van der Waals surface area contributed by atoms with Gasteiger partial charge in [0, 0.05) is 12.5 Å². The van der Waals surface area contributed by atoms with Gasteiger partial charge in [-0.2, -0.15) is 0 Å². The number of carbonyl (C=O) groups excluding carboxylic acids is 4. The maximum atomic E-state index is 13.5. The van der Waals surface area contributed by atoms with Gasteiger partial charge in [-0.1, -0.05) is 43.0 Å². The quantitative estimate of drug-likeness (QED) is 0.333. The molecule has 1 aliphatic carbocycles. The summed E-state index contributed by atoms with van der Waals surface area (Å²) in [6.07, 6.45) is 5.86. The number of ether oxygens (including phenoxy) is 2. The molecule has 1 aromatic heterocycles. The number of hydrogen-bond donors (Lipinski definition) is 3. The highest BCUT2D eigenvalue weighted by atomic mass is 16.6. The van der Waals surface area contributed by atoms with Gasteiger partial charge >= 0.3 is 0 Å². The Morgan fingerprint density at radius 2 is 1.68 bits per heavy atom. The third-order valence-electron chi connectivity index (χ3n) is 6.99. The Balaban J connectivity index is 1.46. The summed E-state index contributed by atoms with van der Waals surface area (Å²) in [7, 11) is 1.56. The lowest BCUT2D eigenvalue weighted by Crippen LogP contribution is -2.56. The van der Waals surface area contributed by atoms with Crippen molar-refractivity contribution in [3.05, 3.63) is 47.9 Å². The fraction of sp³-hybridized carbons (Fsp3) is 0.519. The fourth-order valence-corrected chi connectivity index (χ4v) is 4.70. The molecule has 0 bridgehead atoms. The van der Waals surface area contributed by atoms with Crippen LogP contribution in [0.2, 0.25) is 0 Å². The van der Waals surface area contributed by atoms with Gasteiger partial charge in [0.15, 0.2) is 5.78 Å². The highest BCUT2D eigenvalue weighted by Crippen LogP contribution is 2.30. The molecule has 2 fully saturated rings. The van der Waals surface area contributed by atoms with E-state index in [2.05, 4.69) is 21.1 Å². The highest BCUT2D eigenvalue weighted by molar-refractivity contribution is 5.98. The molecule has 4 rings (SSSR count). The first-order valence-electron chi connectivity index (χ1n) is 12.9. The molecule has 204 valence electrons. The van der Waals surface area contributed by atoms with Crippen LogP contribution in [0.4, 0.5) is 0 Å². The van der Waals surface area contributed by atoms with Crippen LogP contribution in [-0.4, -0.2) is 66.6 Å². The van der Waals surface area contributed by atoms with Gasteiger partial charge in [0.1, 0.15) is 23.9 Å². The number of hydrogen-bond acceptors (Lipinski definition) is 8. The summed E-state index contributed by atoms with van der Waals surface area (Å²) in [4.78, 5) is 51.7. The molecule has 3 N–H and O–H groups in total. The molecule has 11 nitrogen and oxygen atoms in total. The number of amides is 3. The van der Waals surface area contributed by atoms with Crippen molar-refractivity contribution in [1.29, 1.82) is 0 Å². The molecule has 4 atom stereocenters. The van der Waals surface area contributed by atoms with Crippen LogP contribution in [0.3, 0.4) is 0 Å². The Hall–Kier alpha value is -3.73. The molecule has 3 amide bonds. The minimum Gasteiger partial charge on any atom is -0.497 e. The average Bonchev–Trinajstić information content (AvgIpc) is 3.36. The maximum absolute atomic E-state index is 13.5. The van der Waals surface area contributed by atoms with Crippen molar-refractivity contribution < 1.29 is 33.2 Å². The van der Waals surface area contributed by atoms with Crippen LogP contribution >= 0.6 is 0 Å². The van der Waals surface area contributed by atoms with Gasteiger partial charge in [0.05, 0.1) is 26.0 Å². The van der Waals surface area contributed by atoms with Crippen LogP contribution in [0, 0.1) is 5.92 Å². The first-order valence-corrected chi connectivity index (χ1v) is 12.9. The van der Waals surface area contributed by atoms with E-state index in [1.165, 1.54) is 19.2 Å². The van der Waals surface area contributed by atoms with Gasteiger partial charge in [-0.15, -0.1) is 0 Å². The van der Waals surface area contributed by atoms with Crippen molar-refractivity contribution in [2.24, 2.45) is 5.92 Å². The molecule has 38 heavy (non-hydrogen) atoms. The van der Waals surface area contributed by atoms with Gasteiger partial charge < -0.3 is 29.9 Å². The van der Waals surface area contributed by atoms with E-state index < -0.39 is 42.0 Å². The summed E-state index contributed by atoms with van der Waals surface area (Å²) >= 11 is 0. The van der Waals surface area contributed by atoms with Gasteiger partial charge in [-0.3, -0.25) is 19.2 Å². The van der Waals surface area contributed by atoms with Crippen molar-refractivity contribution in [2.75, 3.05) is 13.7 Å². The molecule has 1 aliphatic heterocycles. The number of rotatable bonds is 13. The van der Waals surface area contributed by atoms with E-state index in [4.69, 9.17) is 14.0 Å². The monoisotopic (exact) mass is 526 g/mol. The van der Waals surface area contributed by atoms with Crippen LogP contribution in [0.5, 0.6) is 5.75 Å². The SMILES string of the molecule is COc1ccc(C[C@H](NC(=O)[C@@H](C)NC(=O)c2ccno2)C(=O)N[C@@H](CC2CCCC2)C(=O)[C@H]2CO2)cc1. The van der Waals surface area contributed by atoms with Crippen molar-refractivity contribution in [1.82, 2.24) is 21.1 Å². The van der Waals surface area contributed by atoms with Crippen LogP contribution in [0.1, 0.15) is 55.1 Å². The smallest absolute Gasteiger partial charge is 0.290 e. The normalized spacial score (nSPS) is 19.2. The minimum absolute atomic E-state index is 0.0345. The minimum atomic E-state index is -0.987. The zero-order valence-electron chi connectivity index (χ0n) is 21.6. The molecule has 0 radical (unpaired) electrons. The Kier molecular flexibility index (Phi) is 9.11. The fourth-order valence-electron chi connectivity index (χ4n) is 4.70. The van der Waals surface area contributed by atoms with E-state index in [9.17, 15) is 19.2 Å². The number of methoxy groups -OCH3 is 1. The Morgan fingerprint density at radius 3 is 2.29 bits per heavy atom. The predicted molar refractivity (Wildman–Crippen MR) is 135 cm³/mol. The lowest BCUT2D eigenvalue weighted by atomic mass is 9.94. The van der Waals surface area contributed by atoms with Gasteiger partial charge in [-0.05, 0) is 37.0 Å². The maximum Gasteiger partial charge on any atom is 0.290 e. The van der Waals surface area contributed by atoms with Crippen molar-refractivity contribution in [2.45, 2.75) is 69.7 Å². The lowest BCUT2D eigenvalue weighted by molar-refractivity contribution is -0.132. The topological polar surface area (TPSA) is 152 Å². The summed E-state index contributed by atoms with van der Waals surface area (Å²) in [6.45, 7) is 1.87. The summed E-state index contributed by atoms with van der Waals surface area (Å²) in [6, 6.07) is 5.89. The van der Waals surface area contributed by atoms with Crippen LogP contribution < -0.4 is 20.7 Å². The number of nitrogens with zero attached hydrogens (tertiary/aromatic N) is 1. The van der Waals surface area contributed by atoms with E-state index in [-0.39, 0.29) is 18.0 Å². The molecular formula is C27H34N4O7. The zero-order chi connectivity index (χ0) is 27.1. The number of benzene rings is 1. The van der Waals surface area contributed by atoms with Crippen molar-refractivity contribution >= 4 is 23.5 Å². The van der Waals surface area contributed by atoms with Gasteiger partial charge in [0.2, 0.25) is 17.6 Å². The first-order chi connectivity index (χ1) is 18.3. The predicted octanol–water partition coefficient (Wildman–Crippen LogP) is 1.56. The first kappa shape index (κ1) is 27.3. The lowest BCUT2D eigenvalue weighted by Gasteiger charge is -2.25. The largest absolute Gasteiger partial charge is 0.497 e. The second kappa shape index (κ2) is 12.7. The number of aromatic nitrogens is 1. The van der Waals surface area contributed by atoms with Crippen molar-refractivity contribution in [3.8, 4) is 5.75 Å². The zero-order valence-corrected chi connectivity index (χ0v) is 21.6. The van der Waals surface area contributed by atoms with E-state index in [1.54, 1.807) is 31.4 Å². The second-order valence-corrected chi connectivity index (χ2v) is 9.86. The van der Waals surface area contributed by atoms with E-state index >= 15 is 0 Å².